The number of alkyl halides is 2. The number of hydrogen-bond acceptors (Lipinski definition) is 3. The Morgan fingerprint density at radius 3 is 2.20 bits per heavy atom. The number of rotatable bonds is 3. The van der Waals surface area contributed by atoms with Gasteiger partial charge >= 0.3 is 5.97 Å². The van der Waals surface area contributed by atoms with E-state index < -0.39 is 7.52 Å². The van der Waals surface area contributed by atoms with Crippen LogP contribution in [0.15, 0.2) is 0 Å². The highest BCUT2D eigenvalue weighted by atomic mass is 127. The molecule has 10 heavy (non-hydrogen) atoms. The van der Waals surface area contributed by atoms with E-state index in [0.717, 1.165) is 0 Å². The Morgan fingerprint density at radius 1 is 1.70 bits per heavy atom. The largest absolute Gasteiger partial charge is 0.481 e. The van der Waals surface area contributed by atoms with Gasteiger partial charge in [0, 0.05) is 0 Å². The highest BCUT2D eigenvalue weighted by Gasteiger charge is 2.23. The molecule has 0 amide bonds. The highest BCUT2D eigenvalue weighted by Crippen LogP contribution is 2.22. The van der Waals surface area contributed by atoms with E-state index in [1.165, 1.54) is 0 Å². The Morgan fingerprint density at radius 2 is 2.10 bits per heavy atom. The van der Waals surface area contributed by atoms with Crippen LogP contribution in [0.2, 0.25) is 0 Å². The van der Waals surface area contributed by atoms with Gasteiger partial charge in [-0.05, 0) is 45.2 Å². The molecule has 6 heteroatoms. The van der Waals surface area contributed by atoms with Crippen molar-refractivity contribution in [2.75, 3.05) is 0 Å². The average molecular weight is 368 g/mol. The zero-order valence-corrected chi connectivity index (χ0v) is 9.21. The molecule has 0 unspecified atom stereocenters. The number of halogens is 2. The standard InChI is InChI=1S/C4H6I2N2O2/c5-4(6,8)2(7)1-3(9)10/h7H,1,8H2,(H,9,10). The maximum atomic E-state index is 10.1. The number of aliphatic carboxylic acids is 1. The maximum Gasteiger partial charge on any atom is 0.309 e. The summed E-state index contributed by atoms with van der Waals surface area (Å²) >= 11 is 3.63. The third-order valence-electron chi connectivity index (χ3n) is 0.730. The van der Waals surface area contributed by atoms with Gasteiger partial charge in [-0.3, -0.25) is 4.79 Å². The Labute approximate surface area is 85.3 Å². The molecule has 0 aliphatic heterocycles. The molecule has 0 aliphatic rings. The van der Waals surface area contributed by atoms with Crippen LogP contribution in [-0.2, 0) is 4.79 Å². The molecule has 58 valence electrons. The van der Waals surface area contributed by atoms with Crippen molar-refractivity contribution in [2.24, 2.45) is 5.73 Å². The molecule has 0 atom stereocenters. The van der Waals surface area contributed by atoms with Crippen LogP contribution in [0.5, 0.6) is 0 Å². The van der Waals surface area contributed by atoms with Crippen molar-refractivity contribution >= 4 is 56.9 Å². The lowest BCUT2D eigenvalue weighted by Gasteiger charge is -2.13. The van der Waals surface area contributed by atoms with Crippen LogP contribution >= 0.6 is 45.2 Å². The summed E-state index contributed by atoms with van der Waals surface area (Å²) in [7, 11) is 0. The van der Waals surface area contributed by atoms with Gasteiger partial charge in [0.05, 0.1) is 12.1 Å². The van der Waals surface area contributed by atoms with Gasteiger partial charge in [-0.1, -0.05) is 0 Å². The van der Waals surface area contributed by atoms with Crippen molar-refractivity contribution in [3.8, 4) is 0 Å². The smallest absolute Gasteiger partial charge is 0.309 e. The van der Waals surface area contributed by atoms with Gasteiger partial charge in [0.15, 0.2) is 1.55 Å². The molecule has 0 fully saturated rings. The summed E-state index contributed by atoms with van der Waals surface area (Å²) in [6, 6.07) is 0. The van der Waals surface area contributed by atoms with Crippen LogP contribution in [0.1, 0.15) is 6.42 Å². The fraction of sp³-hybridized carbons (Fsp3) is 0.500. The molecule has 0 heterocycles. The molecule has 4 nitrogen and oxygen atoms in total. The number of carboxylic acid groups (broad SMARTS) is 1. The van der Waals surface area contributed by atoms with E-state index in [0.29, 0.717) is 0 Å². The maximum absolute atomic E-state index is 10.1. The first-order valence-electron chi connectivity index (χ1n) is 2.30. The molecule has 0 spiro atoms. The molecule has 0 saturated carbocycles. The Bertz CT molecular complexity index is 163. The van der Waals surface area contributed by atoms with Crippen molar-refractivity contribution in [1.29, 1.82) is 5.41 Å². The summed E-state index contributed by atoms with van der Waals surface area (Å²) in [5, 5.41) is 15.4. The Balaban J connectivity index is 3.99. The molecular weight excluding hydrogens is 362 g/mol. The highest BCUT2D eigenvalue weighted by molar-refractivity contribution is 14.2. The van der Waals surface area contributed by atoms with E-state index in [2.05, 4.69) is 0 Å². The Kier molecular flexibility index (Phi) is 4.02. The molecule has 0 aliphatic carbocycles. The summed E-state index contributed by atoms with van der Waals surface area (Å²) in [4.78, 5) is 10.1. The summed E-state index contributed by atoms with van der Waals surface area (Å²) in [6.07, 6.45) is -0.289. The number of carbonyl (C=O) groups is 1. The fourth-order valence-electron chi connectivity index (χ4n) is 0.269. The van der Waals surface area contributed by atoms with Crippen molar-refractivity contribution in [3.63, 3.8) is 0 Å². The monoisotopic (exact) mass is 368 g/mol. The van der Waals surface area contributed by atoms with Gasteiger partial charge < -0.3 is 16.2 Å². The summed E-state index contributed by atoms with van der Waals surface area (Å²) in [5.41, 5.74) is 5.43. The molecule has 0 saturated heterocycles. The number of nitrogens with one attached hydrogen (secondary N) is 1. The van der Waals surface area contributed by atoms with Crippen molar-refractivity contribution in [2.45, 2.75) is 7.97 Å². The minimum Gasteiger partial charge on any atom is -0.481 e. The predicted octanol–water partition coefficient (Wildman–Crippen LogP) is 0.963. The number of nitrogens with two attached hydrogens (primary N) is 1. The van der Waals surface area contributed by atoms with Crippen LogP contribution in [0.25, 0.3) is 0 Å². The van der Waals surface area contributed by atoms with E-state index in [1.807, 2.05) is 45.2 Å². The predicted molar refractivity (Wildman–Crippen MR) is 54.9 cm³/mol. The van der Waals surface area contributed by atoms with E-state index in [1.54, 1.807) is 0 Å². The number of carboxylic acids is 1. The second-order valence-corrected chi connectivity index (χ2v) is 7.14. The second kappa shape index (κ2) is 3.81. The molecule has 4 N–H and O–H groups in total. The van der Waals surface area contributed by atoms with Gasteiger partial charge in [-0.2, -0.15) is 0 Å². The number of hydrogen-bond donors (Lipinski definition) is 3. The van der Waals surface area contributed by atoms with E-state index in [9.17, 15) is 4.79 Å². The molecule has 0 aromatic rings. The van der Waals surface area contributed by atoms with Crippen LogP contribution in [0.4, 0.5) is 0 Å². The van der Waals surface area contributed by atoms with Gasteiger partial charge in [0.2, 0.25) is 0 Å². The van der Waals surface area contributed by atoms with Gasteiger partial charge in [0.1, 0.15) is 0 Å². The third-order valence-corrected chi connectivity index (χ3v) is 2.03. The molecule has 0 rings (SSSR count). The first kappa shape index (κ1) is 10.6. The molecular formula is C4H6I2N2O2. The topological polar surface area (TPSA) is 87.2 Å². The van der Waals surface area contributed by atoms with Crippen LogP contribution < -0.4 is 5.73 Å². The third kappa shape index (κ3) is 4.39. The first-order chi connectivity index (χ1) is 4.34. The fourth-order valence-corrected chi connectivity index (χ4v) is 0.650. The van der Waals surface area contributed by atoms with Crippen LogP contribution in [0.3, 0.4) is 0 Å². The normalized spacial score (nSPS) is 11.1. The minimum atomic E-state index is -1.02. The Hall–Kier alpha value is 0.560. The molecule has 0 aromatic heterocycles. The van der Waals surface area contributed by atoms with Gasteiger partial charge in [-0.25, -0.2) is 0 Å². The summed E-state index contributed by atoms with van der Waals surface area (Å²) in [5.74, 6) is -1.02. The quantitative estimate of drug-likeness (QED) is 0.300. The van der Waals surface area contributed by atoms with E-state index >= 15 is 0 Å². The van der Waals surface area contributed by atoms with Crippen molar-refractivity contribution in [3.05, 3.63) is 0 Å². The van der Waals surface area contributed by atoms with Gasteiger partial charge in [-0.15, -0.1) is 0 Å². The van der Waals surface area contributed by atoms with E-state index in [-0.39, 0.29) is 12.1 Å². The molecule has 0 bridgehead atoms. The minimum absolute atomic E-state index is 0.0150. The molecule has 0 aromatic carbocycles. The SMILES string of the molecule is N=C(CC(=O)O)C(N)(I)I. The lowest BCUT2D eigenvalue weighted by molar-refractivity contribution is -0.135. The van der Waals surface area contributed by atoms with E-state index in [4.69, 9.17) is 16.2 Å². The van der Waals surface area contributed by atoms with Crippen LogP contribution in [0, 0.1) is 5.41 Å². The second-order valence-electron chi connectivity index (χ2n) is 1.67. The zero-order chi connectivity index (χ0) is 8.36. The van der Waals surface area contributed by atoms with Crippen molar-refractivity contribution < 1.29 is 9.90 Å². The first-order valence-corrected chi connectivity index (χ1v) is 4.46. The lowest BCUT2D eigenvalue weighted by Crippen LogP contribution is -2.35. The lowest BCUT2D eigenvalue weighted by atomic mass is 10.3. The molecule has 0 radical (unpaired) electrons. The average Bonchev–Trinajstić information content (AvgIpc) is 1.60. The zero-order valence-electron chi connectivity index (χ0n) is 4.90. The summed E-state index contributed by atoms with van der Waals surface area (Å²) in [6.45, 7) is 0. The van der Waals surface area contributed by atoms with Gasteiger partial charge in [0.25, 0.3) is 0 Å². The summed E-state index contributed by atoms with van der Waals surface area (Å²) < 4.78 is -0.867. The van der Waals surface area contributed by atoms with Crippen molar-refractivity contribution in [1.82, 2.24) is 0 Å². The van der Waals surface area contributed by atoms with Crippen LogP contribution in [-0.4, -0.2) is 18.3 Å².